The number of halogens is 5. The summed E-state index contributed by atoms with van der Waals surface area (Å²) < 4.78 is 40.6. The molecule has 0 aliphatic rings. The van der Waals surface area contributed by atoms with Crippen molar-refractivity contribution in [3.05, 3.63) is 27.3 Å². The topological polar surface area (TPSA) is 26.3 Å². The molecule has 0 spiro atoms. The first-order valence-corrected chi connectivity index (χ1v) is 6.10. The van der Waals surface area contributed by atoms with Gasteiger partial charge < -0.3 is 4.74 Å². The van der Waals surface area contributed by atoms with Gasteiger partial charge >= 0.3 is 6.36 Å². The molecule has 2 nitrogen and oxygen atoms in total. The molecule has 0 saturated carbocycles. The van der Waals surface area contributed by atoms with Crippen LogP contribution in [-0.2, 0) is 0 Å². The van der Waals surface area contributed by atoms with Crippen LogP contribution < -0.4 is 4.74 Å². The van der Waals surface area contributed by atoms with Crippen LogP contribution in [0.15, 0.2) is 18.2 Å². The van der Waals surface area contributed by atoms with E-state index in [1.54, 1.807) is 22.6 Å². The molecule has 0 aliphatic heterocycles. The van der Waals surface area contributed by atoms with E-state index in [1.807, 2.05) is 0 Å². The van der Waals surface area contributed by atoms with E-state index in [0.29, 0.717) is 0 Å². The molecule has 0 aromatic heterocycles. The summed E-state index contributed by atoms with van der Waals surface area (Å²) in [5, 5.41) is 0. The molecule has 17 heavy (non-hydrogen) atoms. The van der Waals surface area contributed by atoms with E-state index in [4.69, 9.17) is 11.6 Å². The SMILES string of the molecule is O=C(CCCl)c1cccc(I)c1OC(F)(F)F. The Bertz CT molecular complexity index is 421. The molecule has 0 fully saturated rings. The molecular weight excluding hydrogens is 371 g/mol. The highest BCUT2D eigenvalue weighted by Crippen LogP contribution is 2.31. The fraction of sp³-hybridized carbons (Fsp3) is 0.300. The van der Waals surface area contributed by atoms with Gasteiger partial charge in [-0.1, -0.05) is 6.07 Å². The molecule has 0 radical (unpaired) electrons. The normalized spacial score (nSPS) is 11.4. The number of carbonyl (C=O) groups excluding carboxylic acids is 1. The average Bonchev–Trinajstić information content (AvgIpc) is 2.19. The highest BCUT2D eigenvalue weighted by atomic mass is 127. The molecule has 0 heterocycles. The lowest BCUT2D eigenvalue weighted by molar-refractivity contribution is -0.275. The van der Waals surface area contributed by atoms with Crippen LogP contribution in [0.2, 0.25) is 0 Å². The van der Waals surface area contributed by atoms with Gasteiger partial charge in [-0.15, -0.1) is 24.8 Å². The predicted octanol–water partition coefficient (Wildman–Crippen LogP) is 4.00. The van der Waals surface area contributed by atoms with Crippen LogP contribution in [0.25, 0.3) is 0 Å². The smallest absolute Gasteiger partial charge is 0.404 e. The summed E-state index contributed by atoms with van der Waals surface area (Å²) in [5.74, 6) is -0.885. The first-order valence-electron chi connectivity index (χ1n) is 4.48. The zero-order chi connectivity index (χ0) is 13.1. The Morgan fingerprint density at radius 2 is 2.06 bits per heavy atom. The standard InChI is InChI=1S/C10H7ClF3IO2/c11-5-4-8(16)6-2-1-3-7(15)9(6)17-10(12,13)14/h1-3H,4-5H2. The maximum absolute atomic E-state index is 12.2. The van der Waals surface area contributed by atoms with Gasteiger partial charge in [0.1, 0.15) is 0 Å². The number of ether oxygens (including phenoxy) is 1. The van der Waals surface area contributed by atoms with Crippen LogP contribution >= 0.6 is 34.2 Å². The third-order valence-electron chi connectivity index (χ3n) is 1.81. The first kappa shape index (κ1) is 14.6. The van der Waals surface area contributed by atoms with Gasteiger partial charge in [0.15, 0.2) is 11.5 Å². The van der Waals surface area contributed by atoms with Gasteiger partial charge in [0.05, 0.1) is 9.13 Å². The summed E-state index contributed by atoms with van der Waals surface area (Å²) in [6.07, 6.45) is -4.85. The van der Waals surface area contributed by atoms with Gasteiger partial charge in [0.25, 0.3) is 0 Å². The van der Waals surface area contributed by atoms with Crippen LogP contribution in [0.1, 0.15) is 16.8 Å². The largest absolute Gasteiger partial charge is 0.573 e. The van der Waals surface area contributed by atoms with Crippen molar-refractivity contribution in [3.63, 3.8) is 0 Å². The highest BCUT2D eigenvalue weighted by Gasteiger charge is 2.33. The van der Waals surface area contributed by atoms with Crippen molar-refractivity contribution in [2.45, 2.75) is 12.8 Å². The first-order chi connectivity index (χ1) is 7.85. The molecule has 0 atom stereocenters. The number of alkyl halides is 4. The lowest BCUT2D eigenvalue weighted by Crippen LogP contribution is -2.20. The minimum absolute atomic E-state index is 0.0319. The highest BCUT2D eigenvalue weighted by molar-refractivity contribution is 14.1. The number of para-hydroxylation sites is 1. The van der Waals surface area contributed by atoms with E-state index in [2.05, 4.69) is 4.74 Å². The van der Waals surface area contributed by atoms with Crippen molar-refractivity contribution in [1.29, 1.82) is 0 Å². The number of benzene rings is 1. The Morgan fingerprint density at radius 1 is 1.41 bits per heavy atom. The molecule has 1 aromatic rings. The van der Waals surface area contributed by atoms with E-state index in [-0.39, 0.29) is 21.4 Å². The molecule has 1 aromatic carbocycles. The monoisotopic (exact) mass is 378 g/mol. The maximum Gasteiger partial charge on any atom is 0.573 e. The van der Waals surface area contributed by atoms with Gasteiger partial charge in [-0.2, -0.15) is 0 Å². The summed E-state index contributed by atoms with van der Waals surface area (Å²) in [4.78, 5) is 11.6. The van der Waals surface area contributed by atoms with E-state index in [0.717, 1.165) is 0 Å². The molecular formula is C10H7ClF3IO2. The summed E-state index contributed by atoms with van der Waals surface area (Å²) in [6, 6.07) is 4.21. The Hall–Kier alpha value is -0.500. The van der Waals surface area contributed by atoms with E-state index in [1.165, 1.54) is 18.2 Å². The van der Waals surface area contributed by atoms with Gasteiger partial charge in [0, 0.05) is 12.3 Å². The zero-order valence-electron chi connectivity index (χ0n) is 8.35. The second-order valence-electron chi connectivity index (χ2n) is 3.03. The Morgan fingerprint density at radius 3 is 2.59 bits per heavy atom. The third kappa shape index (κ3) is 4.34. The summed E-state index contributed by atoms with van der Waals surface area (Å²) >= 11 is 7.06. The van der Waals surface area contributed by atoms with Crippen molar-refractivity contribution in [2.75, 3.05) is 5.88 Å². The number of Topliss-reactive ketones (excluding diaryl/α,β-unsaturated/α-hetero) is 1. The lowest BCUT2D eigenvalue weighted by atomic mass is 10.1. The van der Waals surface area contributed by atoms with Gasteiger partial charge in [-0.3, -0.25) is 4.79 Å². The minimum Gasteiger partial charge on any atom is -0.404 e. The molecule has 0 amide bonds. The molecule has 7 heteroatoms. The Labute approximate surface area is 114 Å². The van der Waals surface area contributed by atoms with Gasteiger partial charge in [-0.25, -0.2) is 0 Å². The van der Waals surface area contributed by atoms with Crippen LogP contribution in [0.5, 0.6) is 5.75 Å². The van der Waals surface area contributed by atoms with Crippen LogP contribution in [0, 0.1) is 3.57 Å². The van der Waals surface area contributed by atoms with Gasteiger partial charge in [-0.05, 0) is 34.7 Å². The summed E-state index contributed by atoms with van der Waals surface area (Å²) in [6.45, 7) is 0. The van der Waals surface area contributed by atoms with Crippen molar-refractivity contribution in [1.82, 2.24) is 0 Å². The third-order valence-corrected chi connectivity index (χ3v) is 2.85. The second-order valence-corrected chi connectivity index (χ2v) is 4.57. The van der Waals surface area contributed by atoms with E-state index < -0.39 is 17.9 Å². The number of hydrogen-bond acceptors (Lipinski definition) is 2. The minimum atomic E-state index is -4.82. The maximum atomic E-state index is 12.2. The predicted molar refractivity (Wildman–Crippen MR) is 65.5 cm³/mol. The van der Waals surface area contributed by atoms with Crippen molar-refractivity contribution in [3.8, 4) is 5.75 Å². The Kier molecular flexibility index (Phi) is 5.05. The molecule has 0 N–H and O–H groups in total. The van der Waals surface area contributed by atoms with E-state index >= 15 is 0 Å². The molecule has 94 valence electrons. The van der Waals surface area contributed by atoms with Crippen molar-refractivity contribution < 1.29 is 22.7 Å². The zero-order valence-corrected chi connectivity index (χ0v) is 11.3. The summed E-state index contributed by atoms with van der Waals surface area (Å²) in [5.41, 5.74) is -0.102. The quantitative estimate of drug-likeness (QED) is 0.450. The Balaban J connectivity index is 3.13. The summed E-state index contributed by atoms with van der Waals surface area (Å²) in [7, 11) is 0. The van der Waals surface area contributed by atoms with Crippen LogP contribution in [-0.4, -0.2) is 18.0 Å². The van der Waals surface area contributed by atoms with E-state index in [9.17, 15) is 18.0 Å². The molecule has 0 unspecified atom stereocenters. The van der Waals surface area contributed by atoms with Gasteiger partial charge in [0.2, 0.25) is 0 Å². The fourth-order valence-electron chi connectivity index (χ4n) is 1.17. The van der Waals surface area contributed by atoms with Crippen molar-refractivity contribution in [2.24, 2.45) is 0 Å². The number of carbonyl (C=O) groups is 1. The number of hydrogen-bond donors (Lipinski definition) is 0. The van der Waals surface area contributed by atoms with Crippen molar-refractivity contribution >= 4 is 40.0 Å². The molecule has 0 saturated heterocycles. The lowest BCUT2D eigenvalue weighted by Gasteiger charge is -2.13. The van der Waals surface area contributed by atoms with Crippen LogP contribution in [0.3, 0.4) is 0 Å². The average molecular weight is 379 g/mol. The molecule has 0 bridgehead atoms. The molecule has 0 aliphatic carbocycles. The number of ketones is 1. The number of rotatable bonds is 4. The second kappa shape index (κ2) is 5.90. The molecule has 1 rings (SSSR count). The fourth-order valence-corrected chi connectivity index (χ4v) is 1.95. The van der Waals surface area contributed by atoms with Crippen LogP contribution in [0.4, 0.5) is 13.2 Å².